The Bertz CT molecular complexity index is 434. The minimum absolute atomic E-state index is 0.0621. The summed E-state index contributed by atoms with van der Waals surface area (Å²) >= 11 is 0. The summed E-state index contributed by atoms with van der Waals surface area (Å²) in [6.07, 6.45) is 2.67. The topological polar surface area (TPSA) is 59.8 Å². The van der Waals surface area contributed by atoms with Gasteiger partial charge in [0.25, 0.3) is 0 Å². The Balaban J connectivity index is 1.93. The van der Waals surface area contributed by atoms with Crippen LogP contribution in [-0.2, 0) is 9.47 Å². The van der Waals surface area contributed by atoms with Gasteiger partial charge in [-0.25, -0.2) is 0 Å². The van der Waals surface area contributed by atoms with Gasteiger partial charge in [0.1, 0.15) is 12.1 Å². The second-order valence-corrected chi connectivity index (χ2v) is 5.31. The molecule has 3 rings (SSSR count). The smallest absolute Gasteiger partial charge is 0.183 e. The summed E-state index contributed by atoms with van der Waals surface area (Å²) in [6.45, 7) is 2.50. The number of rotatable bonds is 2. The molecule has 6 nitrogen and oxygen atoms in total. The molecule has 6 heteroatoms. The monoisotopic (exact) mass is 253 g/mol. The van der Waals surface area contributed by atoms with Crippen molar-refractivity contribution in [3.63, 3.8) is 0 Å². The van der Waals surface area contributed by atoms with Crippen LogP contribution in [0, 0.1) is 6.92 Å². The van der Waals surface area contributed by atoms with Gasteiger partial charge in [-0.05, 0) is 26.6 Å². The van der Waals surface area contributed by atoms with Gasteiger partial charge in [-0.15, -0.1) is 0 Å². The molecule has 2 aliphatic rings. The Labute approximate surface area is 106 Å². The SMILES string of the molecule is Cc1cnn(C2C3OCC(O3)C(N(C)C)C2O)c1. The molecule has 0 aromatic carbocycles. The summed E-state index contributed by atoms with van der Waals surface area (Å²) in [4.78, 5) is 1.99. The Morgan fingerprint density at radius 1 is 1.50 bits per heavy atom. The van der Waals surface area contributed by atoms with E-state index in [0.717, 1.165) is 5.56 Å². The first-order chi connectivity index (χ1) is 8.58. The van der Waals surface area contributed by atoms with E-state index in [4.69, 9.17) is 9.47 Å². The third-order valence-corrected chi connectivity index (χ3v) is 3.73. The number of aliphatic hydroxyl groups is 1. The van der Waals surface area contributed by atoms with Gasteiger partial charge in [0, 0.05) is 6.20 Å². The second kappa shape index (κ2) is 4.31. The van der Waals surface area contributed by atoms with Crippen molar-refractivity contribution in [3.05, 3.63) is 18.0 Å². The van der Waals surface area contributed by atoms with Gasteiger partial charge in [0.2, 0.25) is 0 Å². The van der Waals surface area contributed by atoms with Crippen LogP contribution in [0.25, 0.3) is 0 Å². The summed E-state index contributed by atoms with van der Waals surface area (Å²) in [5, 5.41) is 14.9. The molecule has 5 unspecified atom stereocenters. The molecule has 0 aliphatic carbocycles. The molecule has 0 amide bonds. The van der Waals surface area contributed by atoms with Crippen LogP contribution in [0.3, 0.4) is 0 Å². The highest BCUT2D eigenvalue weighted by Gasteiger charge is 2.51. The van der Waals surface area contributed by atoms with E-state index in [0.29, 0.717) is 6.61 Å². The van der Waals surface area contributed by atoms with Crippen LogP contribution < -0.4 is 0 Å². The maximum Gasteiger partial charge on any atom is 0.183 e. The van der Waals surface area contributed by atoms with E-state index >= 15 is 0 Å². The molecule has 2 fully saturated rings. The summed E-state index contributed by atoms with van der Waals surface area (Å²) in [6, 6.07) is -0.358. The van der Waals surface area contributed by atoms with Crippen molar-refractivity contribution in [2.75, 3.05) is 20.7 Å². The zero-order valence-electron chi connectivity index (χ0n) is 10.9. The third kappa shape index (κ3) is 1.76. The van der Waals surface area contributed by atoms with Crippen molar-refractivity contribution < 1.29 is 14.6 Å². The molecular weight excluding hydrogens is 234 g/mol. The van der Waals surface area contributed by atoms with Crippen LogP contribution in [0.2, 0.25) is 0 Å². The van der Waals surface area contributed by atoms with Crippen LogP contribution in [-0.4, -0.2) is 65.0 Å². The van der Waals surface area contributed by atoms with Crippen molar-refractivity contribution in [1.29, 1.82) is 0 Å². The molecule has 1 aromatic rings. The molecule has 0 spiro atoms. The molecule has 0 radical (unpaired) electrons. The van der Waals surface area contributed by atoms with Crippen LogP contribution >= 0.6 is 0 Å². The van der Waals surface area contributed by atoms with Gasteiger partial charge in [0.05, 0.1) is 24.9 Å². The maximum absolute atomic E-state index is 10.6. The summed E-state index contributed by atoms with van der Waals surface area (Å²) in [5.74, 6) is 0. The van der Waals surface area contributed by atoms with Gasteiger partial charge in [-0.1, -0.05) is 0 Å². The van der Waals surface area contributed by atoms with Crippen molar-refractivity contribution in [2.45, 2.75) is 37.5 Å². The number of aliphatic hydroxyl groups excluding tert-OH is 1. The van der Waals surface area contributed by atoms with Crippen molar-refractivity contribution >= 4 is 0 Å². The highest BCUT2D eigenvalue weighted by Crippen LogP contribution is 2.36. The van der Waals surface area contributed by atoms with E-state index in [2.05, 4.69) is 5.10 Å². The number of nitrogens with zero attached hydrogens (tertiary/aromatic N) is 3. The van der Waals surface area contributed by atoms with E-state index < -0.39 is 12.4 Å². The Kier molecular flexibility index (Phi) is 2.90. The van der Waals surface area contributed by atoms with Crippen molar-refractivity contribution in [1.82, 2.24) is 14.7 Å². The van der Waals surface area contributed by atoms with Crippen LogP contribution in [0.1, 0.15) is 11.6 Å². The first kappa shape index (κ1) is 12.1. The fourth-order valence-electron chi connectivity index (χ4n) is 2.90. The van der Waals surface area contributed by atoms with Crippen LogP contribution in [0.5, 0.6) is 0 Å². The van der Waals surface area contributed by atoms with Gasteiger partial charge >= 0.3 is 0 Å². The Hall–Kier alpha value is -0.950. The minimum Gasteiger partial charge on any atom is -0.389 e. The lowest BCUT2D eigenvalue weighted by Gasteiger charge is -2.41. The molecule has 18 heavy (non-hydrogen) atoms. The van der Waals surface area contributed by atoms with E-state index in [1.165, 1.54) is 0 Å². The average Bonchev–Trinajstić information content (AvgIpc) is 2.87. The number of hydrogen-bond donors (Lipinski definition) is 1. The Morgan fingerprint density at radius 2 is 2.28 bits per heavy atom. The lowest BCUT2D eigenvalue weighted by molar-refractivity contribution is -0.181. The molecule has 1 aromatic heterocycles. The van der Waals surface area contributed by atoms with Crippen LogP contribution in [0.15, 0.2) is 12.4 Å². The standard InChI is InChI=1S/C12H19N3O3/c1-7-4-13-15(5-7)10-11(16)9(14(2)3)8-6-17-12(10)18-8/h4-5,8-12,16H,6H2,1-3H3. The van der Waals surface area contributed by atoms with E-state index in [1.807, 2.05) is 32.1 Å². The molecule has 2 bridgehead atoms. The summed E-state index contributed by atoms with van der Waals surface area (Å²) < 4.78 is 13.2. The molecular formula is C12H19N3O3. The predicted molar refractivity (Wildman–Crippen MR) is 64.1 cm³/mol. The number of aromatic nitrogens is 2. The first-order valence-electron chi connectivity index (χ1n) is 6.20. The fraction of sp³-hybridized carbons (Fsp3) is 0.750. The molecule has 5 atom stereocenters. The molecule has 1 N–H and O–H groups in total. The zero-order chi connectivity index (χ0) is 12.9. The molecule has 2 aliphatic heterocycles. The van der Waals surface area contributed by atoms with Gasteiger partial charge in [-0.3, -0.25) is 4.68 Å². The lowest BCUT2D eigenvalue weighted by atomic mass is 9.95. The normalized spacial score (nSPS) is 39.5. The largest absolute Gasteiger partial charge is 0.389 e. The number of aryl methyl sites for hydroxylation is 1. The van der Waals surface area contributed by atoms with Gasteiger partial charge < -0.3 is 19.5 Å². The number of ether oxygens (including phenoxy) is 2. The fourth-order valence-corrected chi connectivity index (χ4v) is 2.90. The minimum atomic E-state index is -0.550. The maximum atomic E-state index is 10.6. The predicted octanol–water partition coefficient (Wildman–Crippen LogP) is -0.221. The summed E-state index contributed by atoms with van der Waals surface area (Å²) in [5.41, 5.74) is 1.06. The molecule has 0 saturated carbocycles. The van der Waals surface area contributed by atoms with E-state index in [-0.39, 0.29) is 18.2 Å². The van der Waals surface area contributed by atoms with Gasteiger partial charge in [-0.2, -0.15) is 5.10 Å². The zero-order valence-corrected chi connectivity index (χ0v) is 10.9. The molecule has 2 saturated heterocycles. The highest BCUT2D eigenvalue weighted by atomic mass is 16.7. The molecule has 100 valence electrons. The Morgan fingerprint density at radius 3 is 2.89 bits per heavy atom. The van der Waals surface area contributed by atoms with Crippen molar-refractivity contribution in [2.24, 2.45) is 0 Å². The first-order valence-corrected chi connectivity index (χ1v) is 6.20. The van der Waals surface area contributed by atoms with Crippen LogP contribution in [0.4, 0.5) is 0 Å². The molecule has 3 heterocycles. The number of fused-ring (bicyclic) bond motifs is 2. The summed E-state index contributed by atoms with van der Waals surface area (Å²) in [7, 11) is 3.89. The van der Waals surface area contributed by atoms with E-state index in [1.54, 1.807) is 10.9 Å². The quantitative estimate of drug-likeness (QED) is 0.789. The number of hydrogen-bond acceptors (Lipinski definition) is 5. The number of likely N-dealkylation sites (N-methyl/N-ethyl adjacent to an activating group) is 1. The van der Waals surface area contributed by atoms with E-state index in [9.17, 15) is 5.11 Å². The average molecular weight is 253 g/mol. The second-order valence-electron chi connectivity index (χ2n) is 5.31. The highest BCUT2D eigenvalue weighted by molar-refractivity contribution is 5.05. The third-order valence-electron chi connectivity index (χ3n) is 3.73. The van der Waals surface area contributed by atoms with Gasteiger partial charge in [0.15, 0.2) is 6.29 Å². The lowest BCUT2D eigenvalue weighted by Crippen LogP contribution is -2.57. The van der Waals surface area contributed by atoms with Crippen molar-refractivity contribution in [3.8, 4) is 0 Å².